The molecule has 0 saturated heterocycles. The molecule has 0 aromatic heterocycles. The Morgan fingerprint density at radius 3 is 0.753 bits per heavy atom. The lowest BCUT2D eigenvalue weighted by atomic mass is 10.00. The SMILES string of the molecule is CCC(=O)SCC(C)(C)OC(C)(C)CSP(N(C(C)C)C(C)C)N(C(C)C)C(C)CCC(C)N(C(C)C)P(SCC(C)(C)OC(C)(C)CSC(=O)C(C)C)N(C(C)C)C(C)CCC(C)N(C(C)C)P(SCC(C)(C)OC(C)(C)CSC(=O)C(C)(C)C)N(C(C)C)C(C)C. The number of hydrogen-bond donors (Lipinski definition) is 0. The summed E-state index contributed by atoms with van der Waals surface area (Å²) in [6.07, 6.45) is 4.77. The lowest BCUT2D eigenvalue weighted by molar-refractivity contribution is -0.118. The summed E-state index contributed by atoms with van der Waals surface area (Å²) < 4.78 is 38.1. The van der Waals surface area contributed by atoms with Gasteiger partial charge in [0.2, 0.25) is 0 Å². The molecule has 0 aliphatic heterocycles. The highest BCUT2D eigenvalue weighted by Crippen LogP contribution is 2.64. The molecule has 7 unspecified atom stereocenters. The van der Waals surface area contributed by atoms with E-state index in [9.17, 15) is 14.4 Å². The topological polar surface area (TPSA) is 98.3 Å². The third-order valence-corrected chi connectivity index (χ3v) is 37.7. The van der Waals surface area contributed by atoms with Crippen LogP contribution in [0.25, 0.3) is 0 Å². The van der Waals surface area contributed by atoms with Crippen LogP contribution in [0, 0.1) is 11.3 Å². The first-order valence-corrected chi connectivity index (χ1v) is 47.1. The zero-order valence-electron chi connectivity index (χ0n) is 67.2. The van der Waals surface area contributed by atoms with Gasteiger partial charge in [-0.2, -0.15) is 0 Å². The molecule has 93 heavy (non-hydrogen) atoms. The van der Waals surface area contributed by atoms with Gasteiger partial charge in [-0.1, -0.05) is 111 Å². The van der Waals surface area contributed by atoms with Gasteiger partial charge < -0.3 is 14.2 Å². The van der Waals surface area contributed by atoms with Gasteiger partial charge in [-0.15, -0.1) is 0 Å². The number of carbonyl (C=O) groups is 3. The minimum atomic E-state index is -0.925. The van der Waals surface area contributed by atoms with E-state index < -0.39 is 61.3 Å². The van der Waals surface area contributed by atoms with Crippen LogP contribution in [-0.4, -0.2) is 184 Å². The van der Waals surface area contributed by atoms with Gasteiger partial charge in [-0.3, -0.25) is 42.4 Å². The Kier molecular flexibility index (Phi) is 43.0. The molecule has 0 aliphatic rings. The summed E-state index contributed by atoms with van der Waals surface area (Å²) in [7, 11) is -2.53. The quantitative estimate of drug-likeness (QED) is 0.0540. The van der Waals surface area contributed by atoms with Crippen LogP contribution in [0.1, 0.15) is 295 Å². The van der Waals surface area contributed by atoms with Gasteiger partial charge in [0.15, 0.2) is 15.3 Å². The first-order valence-electron chi connectivity index (χ1n) is 35.6. The minimum Gasteiger partial charge on any atom is -0.368 e. The maximum Gasteiger partial charge on any atom is 0.194 e. The van der Waals surface area contributed by atoms with Crippen LogP contribution >= 0.6 is 91.7 Å². The predicted octanol–water partition coefficient (Wildman–Crippen LogP) is 22.7. The van der Waals surface area contributed by atoms with Crippen molar-refractivity contribution in [3.63, 3.8) is 0 Å². The van der Waals surface area contributed by atoms with Crippen LogP contribution < -0.4 is 0 Å². The van der Waals surface area contributed by atoms with Gasteiger partial charge in [-0.25, -0.2) is 0 Å². The van der Waals surface area contributed by atoms with E-state index in [0.29, 0.717) is 84.1 Å². The highest BCUT2D eigenvalue weighted by Gasteiger charge is 2.44. The largest absolute Gasteiger partial charge is 0.368 e. The summed E-state index contributed by atoms with van der Waals surface area (Å²) in [6, 6.07) is 3.88. The van der Waals surface area contributed by atoms with E-state index in [1.165, 1.54) is 35.3 Å². The molecule has 0 spiro atoms. The molecule has 0 amide bonds. The van der Waals surface area contributed by atoms with Gasteiger partial charge in [-0.05, 0) is 247 Å². The Balaban J connectivity index is 7.71. The van der Waals surface area contributed by atoms with Crippen molar-refractivity contribution in [3.8, 4) is 0 Å². The second kappa shape index (κ2) is 42.1. The molecule has 12 nitrogen and oxygen atoms in total. The Morgan fingerprint density at radius 2 is 0.538 bits per heavy atom. The molecule has 0 rings (SSSR count). The average Bonchev–Trinajstić information content (AvgIpc) is 0.841. The van der Waals surface area contributed by atoms with Crippen molar-refractivity contribution in [2.45, 2.75) is 401 Å². The third-order valence-electron chi connectivity index (χ3n) is 15.5. The van der Waals surface area contributed by atoms with Gasteiger partial charge in [0.25, 0.3) is 0 Å². The van der Waals surface area contributed by atoms with E-state index in [1.807, 2.05) is 41.5 Å². The molecular weight excluding hydrogens is 1330 g/mol. The summed E-state index contributed by atoms with van der Waals surface area (Å²) >= 11 is 10.5. The van der Waals surface area contributed by atoms with Crippen LogP contribution in [-0.2, 0) is 28.6 Å². The average molecular weight is 1480 g/mol. The van der Waals surface area contributed by atoms with Crippen LogP contribution in [0.2, 0.25) is 0 Å². The number of thioether (sulfide) groups is 3. The lowest BCUT2D eigenvalue weighted by Crippen LogP contribution is -2.46. The fourth-order valence-corrected chi connectivity index (χ4v) is 35.3. The monoisotopic (exact) mass is 1480 g/mol. The van der Waals surface area contributed by atoms with E-state index in [0.717, 1.165) is 42.9 Å². The van der Waals surface area contributed by atoms with E-state index in [-0.39, 0.29) is 33.3 Å². The molecule has 554 valence electrons. The number of rotatable bonds is 47. The summed E-state index contributed by atoms with van der Waals surface area (Å²) in [5.74, 6) is 4.34. The molecule has 0 heterocycles. The molecule has 21 heteroatoms. The highest BCUT2D eigenvalue weighted by atomic mass is 32.7. The maximum atomic E-state index is 13.0. The van der Waals surface area contributed by atoms with Crippen LogP contribution in [0.3, 0.4) is 0 Å². The van der Waals surface area contributed by atoms with Gasteiger partial charge in [0.1, 0.15) is 22.3 Å². The second-order valence-corrected chi connectivity index (χ2v) is 47.8. The third kappa shape index (κ3) is 35.4. The molecule has 7 atom stereocenters. The number of ether oxygens (including phenoxy) is 3. The normalized spacial score (nSPS) is 16.5. The molecule has 0 radical (unpaired) electrons. The second-order valence-electron chi connectivity index (χ2n) is 33.6. The first kappa shape index (κ1) is 95.0. The van der Waals surface area contributed by atoms with Crippen molar-refractivity contribution in [1.29, 1.82) is 0 Å². The van der Waals surface area contributed by atoms with Gasteiger partial charge in [0, 0.05) is 125 Å². The molecule has 0 N–H and O–H groups in total. The highest BCUT2D eigenvalue weighted by molar-refractivity contribution is 8.55. The van der Waals surface area contributed by atoms with Crippen molar-refractivity contribution in [2.75, 3.05) is 34.5 Å². The summed E-state index contributed by atoms with van der Waals surface area (Å²) in [5, 5.41) is 0.623. The Hall–Kier alpha value is 2.04. The van der Waals surface area contributed by atoms with Crippen molar-refractivity contribution in [3.05, 3.63) is 0 Å². The Morgan fingerprint density at radius 1 is 0.323 bits per heavy atom. The van der Waals surface area contributed by atoms with Gasteiger partial charge >= 0.3 is 0 Å². The molecule has 0 aromatic carbocycles. The minimum absolute atomic E-state index is 0.0189. The Labute approximate surface area is 606 Å². The van der Waals surface area contributed by atoms with Gasteiger partial charge in [0.05, 0.1) is 33.6 Å². The smallest absolute Gasteiger partial charge is 0.194 e. The van der Waals surface area contributed by atoms with E-state index in [1.54, 1.807) is 0 Å². The van der Waals surface area contributed by atoms with Crippen LogP contribution in [0.4, 0.5) is 0 Å². The van der Waals surface area contributed by atoms with E-state index in [4.69, 9.17) is 14.2 Å². The molecule has 0 bridgehead atoms. The lowest BCUT2D eigenvalue weighted by Gasteiger charge is -2.50. The van der Waals surface area contributed by atoms with E-state index in [2.05, 4.69) is 284 Å². The van der Waals surface area contributed by atoms with E-state index >= 15 is 0 Å². The Bertz CT molecular complexity index is 2130. The standard InChI is InChI=1S/C72H149N6O6P3S6/c1-39-63(79)88-44-67(27,28)82-70(33,34)47-91-85(73(51(4)5)52(6)7)75(55(12)13)59(20)40-42-61(22)77(57(16)17)87(93-49-72(37,38)83-68(29,30)45-89-64(80)50(2)3)78(58(18)19)62(23)43-41-60(21)76(56(14)15)86(74(53(8)9)54(10)11)92-48-71(35,36)84-69(31,32)46-90-65(81)66(24,25)26/h50-62H,39-49H2,1-38H3. The fourth-order valence-electron chi connectivity index (χ4n) is 12.0. The first-order chi connectivity index (χ1) is 42.0. The zero-order valence-corrected chi connectivity index (χ0v) is 74.8. The summed E-state index contributed by atoms with van der Waals surface area (Å²) in [6.45, 7) is 86.4. The van der Waals surface area contributed by atoms with Crippen molar-refractivity contribution in [2.24, 2.45) is 11.3 Å². The van der Waals surface area contributed by atoms with Crippen LogP contribution in [0.5, 0.6) is 0 Å². The number of carbonyl (C=O) groups excluding carboxylic acids is 3. The van der Waals surface area contributed by atoms with Crippen molar-refractivity contribution >= 4 is 107 Å². The fraction of sp³-hybridized carbons (Fsp3) is 0.958. The maximum absolute atomic E-state index is 13.0. The summed E-state index contributed by atoms with van der Waals surface area (Å²) in [4.78, 5) is 38.3. The zero-order chi connectivity index (χ0) is 73.1. The van der Waals surface area contributed by atoms with Crippen molar-refractivity contribution < 1.29 is 28.6 Å². The van der Waals surface area contributed by atoms with Crippen LogP contribution in [0.15, 0.2) is 0 Å². The van der Waals surface area contributed by atoms with Crippen molar-refractivity contribution in [1.82, 2.24) is 28.0 Å². The summed E-state index contributed by atoms with van der Waals surface area (Å²) in [5.41, 5.74) is -3.10. The molecule has 0 fully saturated rings. The molecule has 0 saturated carbocycles. The molecule has 0 aromatic rings. The number of hydrogen-bond acceptors (Lipinski definition) is 18. The molecule has 0 aliphatic carbocycles. The number of nitrogens with zero attached hydrogens (tertiary/aromatic N) is 6. The molecular formula is C72H149N6O6P3S6. The predicted molar refractivity (Wildman–Crippen MR) is 431 cm³/mol.